The Hall–Kier alpha value is -2.27. The Morgan fingerprint density at radius 1 is 1.14 bits per heavy atom. The van der Waals surface area contributed by atoms with Gasteiger partial charge in [0.15, 0.2) is 0 Å². The average Bonchev–Trinajstić information content (AvgIpc) is 2.88. The second kappa shape index (κ2) is 5.61. The lowest BCUT2D eigenvalue weighted by Gasteiger charge is -2.04. The molecule has 0 N–H and O–H groups in total. The van der Waals surface area contributed by atoms with Crippen molar-refractivity contribution in [3.63, 3.8) is 0 Å². The molecule has 0 spiro atoms. The molecular formula is C16H10F2O2S. The summed E-state index contributed by atoms with van der Waals surface area (Å²) in [4.78, 5) is 11.5. The van der Waals surface area contributed by atoms with Gasteiger partial charge in [-0.1, -0.05) is 12.1 Å². The number of benzene rings is 2. The highest BCUT2D eigenvalue weighted by Gasteiger charge is 2.09. The van der Waals surface area contributed by atoms with Crippen molar-refractivity contribution in [2.24, 2.45) is 0 Å². The number of aldehydes is 1. The second-order valence-electron chi connectivity index (χ2n) is 4.50. The minimum Gasteiger partial charge on any atom is -0.488 e. The van der Waals surface area contributed by atoms with Crippen molar-refractivity contribution in [1.82, 2.24) is 0 Å². The van der Waals surface area contributed by atoms with Crippen molar-refractivity contribution in [2.75, 3.05) is 0 Å². The molecule has 0 bridgehead atoms. The SMILES string of the molecule is O=Cc1cccc(OCc2cc3cc(F)cc(F)c3s2)c1. The quantitative estimate of drug-likeness (QED) is 0.660. The van der Waals surface area contributed by atoms with E-state index >= 15 is 0 Å². The van der Waals surface area contributed by atoms with Crippen molar-refractivity contribution in [3.8, 4) is 5.75 Å². The van der Waals surface area contributed by atoms with Crippen LogP contribution in [-0.4, -0.2) is 6.29 Å². The fraction of sp³-hybridized carbons (Fsp3) is 0.0625. The van der Waals surface area contributed by atoms with Gasteiger partial charge in [-0.3, -0.25) is 4.79 Å². The Morgan fingerprint density at radius 2 is 2.00 bits per heavy atom. The maximum absolute atomic E-state index is 13.6. The summed E-state index contributed by atoms with van der Waals surface area (Å²) in [5.41, 5.74) is 0.525. The first kappa shape index (κ1) is 13.7. The lowest BCUT2D eigenvalue weighted by molar-refractivity contribution is 0.112. The van der Waals surface area contributed by atoms with Crippen LogP contribution in [0.15, 0.2) is 42.5 Å². The van der Waals surface area contributed by atoms with Crippen LogP contribution >= 0.6 is 11.3 Å². The van der Waals surface area contributed by atoms with Gasteiger partial charge in [0.25, 0.3) is 0 Å². The van der Waals surface area contributed by atoms with Crippen molar-refractivity contribution >= 4 is 27.7 Å². The Morgan fingerprint density at radius 3 is 2.81 bits per heavy atom. The van der Waals surface area contributed by atoms with E-state index in [1.807, 2.05) is 0 Å². The number of carbonyl (C=O) groups excluding carboxylic acids is 1. The number of ether oxygens (including phenoxy) is 1. The lowest BCUT2D eigenvalue weighted by atomic mass is 10.2. The molecule has 3 rings (SSSR count). The van der Waals surface area contributed by atoms with E-state index in [9.17, 15) is 13.6 Å². The molecule has 1 heterocycles. The minimum absolute atomic E-state index is 0.239. The molecule has 0 amide bonds. The molecule has 0 saturated heterocycles. The number of thiophene rings is 1. The summed E-state index contributed by atoms with van der Waals surface area (Å²) in [5.74, 6) is -0.600. The second-order valence-corrected chi connectivity index (χ2v) is 5.63. The van der Waals surface area contributed by atoms with E-state index < -0.39 is 11.6 Å². The Bertz CT molecular complexity index is 811. The van der Waals surface area contributed by atoms with Crippen LogP contribution in [0.5, 0.6) is 5.75 Å². The van der Waals surface area contributed by atoms with E-state index in [2.05, 4.69) is 0 Å². The molecule has 0 radical (unpaired) electrons. The predicted molar refractivity (Wildman–Crippen MR) is 77.9 cm³/mol. The van der Waals surface area contributed by atoms with Gasteiger partial charge in [0.05, 0.1) is 4.70 Å². The van der Waals surface area contributed by atoms with Crippen LogP contribution in [0.25, 0.3) is 10.1 Å². The van der Waals surface area contributed by atoms with Gasteiger partial charge < -0.3 is 4.74 Å². The molecule has 0 fully saturated rings. The van der Waals surface area contributed by atoms with Crippen LogP contribution in [-0.2, 0) is 6.61 Å². The van der Waals surface area contributed by atoms with Crippen molar-refractivity contribution < 1.29 is 18.3 Å². The molecule has 0 aliphatic heterocycles. The van der Waals surface area contributed by atoms with Gasteiger partial charge >= 0.3 is 0 Å². The first-order valence-corrected chi connectivity index (χ1v) is 7.03. The standard InChI is InChI=1S/C16H10F2O2S/c17-12-5-11-6-14(21-16(11)15(18)7-12)9-20-13-3-1-2-10(4-13)8-19/h1-8H,9H2. The summed E-state index contributed by atoms with van der Waals surface area (Å²) in [7, 11) is 0. The molecular weight excluding hydrogens is 294 g/mol. The van der Waals surface area contributed by atoms with Crippen LogP contribution < -0.4 is 4.74 Å². The summed E-state index contributed by atoms with van der Waals surface area (Å²) >= 11 is 1.23. The van der Waals surface area contributed by atoms with Gasteiger partial charge in [0, 0.05) is 16.5 Å². The van der Waals surface area contributed by atoms with Gasteiger partial charge in [-0.05, 0) is 29.7 Å². The summed E-state index contributed by atoms with van der Waals surface area (Å²) in [5, 5.41) is 0.526. The third-order valence-electron chi connectivity index (χ3n) is 2.96. The van der Waals surface area contributed by atoms with Crippen molar-refractivity contribution in [3.05, 3.63) is 64.5 Å². The van der Waals surface area contributed by atoms with E-state index in [4.69, 9.17) is 4.74 Å². The maximum atomic E-state index is 13.6. The number of rotatable bonds is 4. The Labute approximate surface area is 123 Å². The van der Waals surface area contributed by atoms with E-state index in [-0.39, 0.29) is 6.61 Å². The predicted octanol–water partition coefficient (Wildman–Crippen LogP) is 4.57. The molecule has 3 aromatic rings. The van der Waals surface area contributed by atoms with E-state index in [0.29, 0.717) is 21.4 Å². The minimum atomic E-state index is -0.594. The van der Waals surface area contributed by atoms with Crippen LogP contribution in [0.2, 0.25) is 0 Å². The zero-order valence-electron chi connectivity index (χ0n) is 10.8. The Kier molecular flexibility index (Phi) is 3.66. The molecule has 106 valence electrons. The molecule has 0 saturated carbocycles. The van der Waals surface area contributed by atoms with E-state index in [1.54, 1.807) is 30.3 Å². The molecule has 21 heavy (non-hydrogen) atoms. The van der Waals surface area contributed by atoms with Crippen LogP contribution in [0.1, 0.15) is 15.2 Å². The molecule has 2 nitrogen and oxygen atoms in total. The first-order valence-electron chi connectivity index (χ1n) is 6.21. The van der Waals surface area contributed by atoms with Crippen LogP contribution in [0, 0.1) is 11.6 Å². The fourth-order valence-electron chi connectivity index (χ4n) is 2.03. The zero-order valence-corrected chi connectivity index (χ0v) is 11.6. The Balaban J connectivity index is 1.81. The van der Waals surface area contributed by atoms with Crippen LogP contribution in [0.3, 0.4) is 0 Å². The summed E-state index contributed by atoms with van der Waals surface area (Å²) in [6.45, 7) is 0.239. The molecule has 0 atom stereocenters. The number of carbonyl (C=O) groups is 1. The van der Waals surface area contributed by atoms with Crippen LogP contribution in [0.4, 0.5) is 8.78 Å². The molecule has 5 heteroatoms. The van der Waals surface area contributed by atoms with Gasteiger partial charge in [-0.2, -0.15) is 0 Å². The van der Waals surface area contributed by atoms with Crippen molar-refractivity contribution in [1.29, 1.82) is 0 Å². The van der Waals surface area contributed by atoms with E-state index in [0.717, 1.165) is 17.2 Å². The van der Waals surface area contributed by atoms with Gasteiger partial charge in [0.2, 0.25) is 0 Å². The lowest BCUT2D eigenvalue weighted by Crippen LogP contribution is -1.93. The average molecular weight is 304 g/mol. The zero-order chi connectivity index (χ0) is 14.8. The number of hydrogen-bond acceptors (Lipinski definition) is 3. The number of halogens is 2. The third kappa shape index (κ3) is 2.92. The molecule has 0 aliphatic rings. The van der Waals surface area contributed by atoms with Gasteiger partial charge in [0.1, 0.15) is 30.3 Å². The maximum Gasteiger partial charge on any atom is 0.150 e. The largest absolute Gasteiger partial charge is 0.488 e. The molecule has 1 aromatic heterocycles. The molecule has 0 unspecified atom stereocenters. The van der Waals surface area contributed by atoms with Gasteiger partial charge in [-0.15, -0.1) is 11.3 Å². The smallest absolute Gasteiger partial charge is 0.150 e. The number of hydrogen-bond donors (Lipinski definition) is 0. The highest BCUT2D eigenvalue weighted by molar-refractivity contribution is 7.19. The fourth-order valence-corrected chi connectivity index (χ4v) is 2.99. The van der Waals surface area contributed by atoms with E-state index in [1.165, 1.54) is 17.4 Å². The summed E-state index contributed by atoms with van der Waals surface area (Å²) in [6, 6.07) is 10.6. The summed E-state index contributed by atoms with van der Waals surface area (Å²) in [6.07, 6.45) is 0.741. The highest BCUT2D eigenvalue weighted by Crippen LogP contribution is 2.29. The number of fused-ring (bicyclic) bond motifs is 1. The third-order valence-corrected chi connectivity index (χ3v) is 4.09. The highest BCUT2D eigenvalue weighted by atomic mass is 32.1. The summed E-state index contributed by atoms with van der Waals surface area (Å²) < 4.78 is 32.7. The topological polar surface area (TPSA) is 26.3 Å². The van der Waals surface area contributed by atoms with Crippen molar-refractivity contribution in [2.45, 2.75) is 6.61 Å². The monoisotopic (exact) mass is 304 g/mol. The molecule has 0 aliphatic carbocycles. The first-order chi connectivity index (χ1) is 10.2. The molecule has 2 aromatic carbocycles. The van der Waals surface area contributed by atoms with Gasteiger partial charge in [-0.25, -0.2) is 8.78 Å². The normalized spacial score (nSPS) is 10.8.